The van der Waals surface area contributed by atoms with Crippen molar-refractivity contribution in [2.45, 2.75) is 19.4 Å². The molecule has 66 valence electrons. The summed E-state index contributed by atoms with van der Waals surface area (Å²) in [6.07, 6.45) is -0.751. The van der Waals surface area contributed by atoms with Crippen molar-refractivity contribution < 1.29 is 19.4 Å². The van der Waals surface area contributed by atoms with Crippen LogP contribution < -0.4 is 0 Å². The van der Waals surface area contributed by atoms with Gasteiger partial charge < -0.3 is 14.6 Å². The zero-order chi connectivity index (χ0) is 8.69. The Bertz CT molecular complexity index is 113. The second-order valence-electron chi connectivity index (χ2n) is 2.09. The number of methoxy groups -OCH3 is 1. The van der Waals surface area contributed by atoms with Gasteiger partial charge in [0.2, 0.25) is 0 Å². The van der Waals surface area contributed by atoms with Crippen molar-refractivity contribution in [1.29, 1.82) is 0 Å². The molecule has 0 radical (unpaired) electrons. The highest BCUT2D eigenvalue weighted by molar-refractivity contribution is 5.69. The van der Waals surface area contributed by atoms with E-state index in [1.165, 1.54) is 7.11 Å². The quantitative estimate of drug-likeness (QED) is 0.576. The Labute approximate surface area is 66.1 Å². The summed E-state index contributed by atoms with van der Waals surface area (Å²) < 4.78 is 9.23. The van der Waals surface area contributed by atoms with Gasteiger partial charge in [-0.1, -0.05) is 0 Å². The topological polar surface area (TPSA) is 55.8 Å². The minimum atomic E-state index is -0.748. The SMILES string of the molecule is CCOC[C@@H](O)CC(=O)OC. The van der Waals surface area contributed by atoms with E-state index in [1.807, 2.05) is 6.92 Å². The van der Waals surface area contributed by atoms with Crippen molar-refractivity contribution in [2.24, 2.45) is 0 Å². The van der Waals surface area contributed by atoms with Gasteiger partial charge in [0, 0.05) is 6.61 Å². The van der Waals surface area contributed by atoms with Crippen molar-refractivity contribution in [3.8, 4) is 0 Å². The first-order valence-corrected chi connectivity index (χ1v) is 3.53. The number of aliphatic hydroxyl groups is 1. The summed E-state index contributed by atoms with van der Waals surface area (Å²) in [5.41, 5.74) is 0. The Morgan fingerprint density at radius 1 is 1.64 bits per heavy atom. The zero-order valence-corrected chi connectivity index (χ0v) is 6.87. The van der Waals surface area contributed by atoms with Gasteiger partial charge in [0.25, 0.3) is 0 Å². The first-order chi connectivity index (χ1) is 5.20. The van der Waals surface area contributed by atoms with Crippen LogP contribution >= 0.6 is 0 Å². The first kappa shape index (κ1) is 10.4. The van der Waals surface area contributed by atoms with Crippen LogP contribution in [-0.4, -0.2) is 37.5 Å². The molecule has 0 saturated carbocycles. The number of hydrogen-bond acceptors (Lipinski definition) is 4. The van der Waals surface area contributed by atoms with Gasteiger partial charge in [-0.3, -0.25) is 4.79 Å². The number of rotatable bonds is 5. The fourth-order valence-corrected chi connectivity index (χ4v) is 0.589. The number of esters is 1. The lowest BCUT2D eigenvalue weighted by molar-refractivity contribution is -0.143. The average molecular weight is 162 g/mol. The minimum Gasteiger partial charge on any atom is -0.469 e. The molecule has 0 aliphatic heterocycles. The molecule has 11 heavy (non-hydrogen) atoms. The zero-order valence-electron chi connectivity index (χ0n) is 6.87. The van der Waals surface area contributed by atoms with E-state index in [1.54, 1.807) is 0 Å². The maximum atomic E-state index is 10.5. The molecule has 0 rings (SSSR count). The van der Waals surface area contributed by atoms with Crippen LogP contribution in [0.2, 0.25) is 0 Å². The van der Waals surface area contributed by atoms with Crippen LogP contribution in [0.3, 0.4) is 0 Å². The van der Waals surface area contributed by atoms with Crippen LogP contribution in [0.5, 0.6) is 0 Å². The van der Waals surface area contributed by atoms with Gasteiger partial charge in [-0.25, -0.2) is 0 Å². The fraction of sp³-hybridized carbons (Fsp3) is 0.857. The van der Waals surface area contributed by atoms with E-state index in [2.05, 4.69) is 4.74 Å². The second-order valence-corrected chi connectivity index (χ2v) is 2.09. The average Bonchev–Trinajstić information content (AvgIpc) is 2.00. The van der Waals surface area contributed by atoms with E-state index in [9.17, 15) is 4.79 Å². The third-order valence-electron chi connectivity index (χ3n) is 1.14. The van der Waals surface area contributed by atoms with E-state index in [4.69, 9.17) is 9.84 Å². The predicted octanol–water partition coefficient (Wildman–Crippen LogP) is -0.0531. The molecule has 1 N–H and O–H groups in total. The van der Waals surface area contributed by atoms with Gasteiger partial charge in [0.05, 0.1) is 26.2 Å². The molecule has 0 unspecified atom stereocenters. The molecule has 4 heteroatoms. The van der Waals surface area contributed by atoms with E-state index in [0.29, 0.717) is 6.61 Å². The first-order valence-electron chi connectivity index (χ1n) is 3.53. The Balaban J connectivity index is 3.35. The highest BCUT2D eigenvalue weighted by Gasteiger charge is 2.09. The van der Waals surface area contributed by atoms with Crippen LogP contribution in [0.1, 0.15) is 13.3 Å². The summed E-state index contributed by atoms with van der Waals surface area (Å²) in [7, 11) is 1.29. The Morgan fingerprint density at radius 3 is 2.73 bits per heavy atom. The summed E-state index contributed by atoms with van der Waals surface area (Å²) in [4.78, 5) is 10.5. The smallest absolute Gasteiger partial charge is 0.308 e. The largest absolute Gasteiger partial charge is 0.469 e. The fourth-order valence-electron chi connectivity index (χ4n) is 0.589. The number of carbonyl (C=O) groups excluding carboxylic acids is 1. The Hall–Kier alpha value is -0.610. The molecule has 0 aliphatic carbocycles. The van der Waals surface area contributed by atoms with E-state index in [-0.39, 0.29) is 13.0 Å². The molecule has 0 fully saturated rings. The Morgan fingerprint density at radius 2 is 2.27 bits per heavy atom. The maximum absolute atomic E-state index is 10.5. The van der Waals surface area contributed by atoms with Crippen molar-refractivity contribution >= 4 is 5.97 Å². The molecule has 0 saturated heterocycles. The van der Waals surface area contributed by atoms with Gasteiger partial charge in [-0.15, -0.1) is 0 Å². The van der Waals surface area contributed by atoms with Gasteiger partial charge in [-0.2, -0.15) is 0 Å². The molecular formula is C7H14O4. The lowest BCUT2D eigenvalue weighted by Crippen LogP contribution is -2.20. The molecule has 0 bridgehead atoms. The molecule has 4 nitrogen and oxygen atoms in total. The van der Waals surface area contributed by atoms with Gasteiger partial charge in [-0.05, 0) is 6.92 Å². The van der Waals surface area contributed by atoms with Crippen LogP contribution in [0.4, 0.5) is 0 Å². The summed E-state index contributed by atoms with van der Waals surface area (Å²) in [6.45, 7) is 2.55. The van der Waals surface area contributed by atoms with Gasteiger partial charge >= 0.3 is 5.97 Å². The highest BCUT2D eigenvalue weighted by Crippen LogP contribution is 1.94. The Kier molecular flexibility index (Phi) is 5.78. The lowest BCUT2D eigenvalue weighted by Gasteiger charge is -2.07. The summed E-state index contributed by atoms with van der Waals surface area (Å²) >= 11 is 0. The van der Waals surface area contributed by atoms with Crippen molar-refractivity contribution in [3.05, 3.63) is 0 Å². The normalized spacial score (nSPS) is 12.6. The highest BCUT2D eigenvalue weighted by atomic mass is 16.5. The van der Waals surface area contributed by atoms with Crippen LogP contribution in [-0.2, 0) is 14.3 Å². The summed E-state index contributed by atoms with van der Waals surface area (Å²) in [5, 5.41) is 9.06. The van der Waals surface area contributed by atoms with Crippen molar-refractivity contribution in [2.75, 3.05) is 20.3 Å². The second kappa shape index (κ2) is 6.12. The summed E-state index contributed by atoms with van der Waals surface area (Å²) in [6, 6.07) is 0. The van der Waals surface area contributed by atoms with E-state index in [0.717, 1.165) is 0 Å². The van der Waals surface area contributed by atoms with E-state index < -0.39 is 12.1 Å². The molecule has 0 heterocycles. The van der Waals surface area contributed by atoms with Gasteiger partial charge in [0.15, 0.2) is 0 Å². The predicted molar refractivity (Wildman–Crippen MR) is 39.1 cm³/mol. The van der Waals surface area contributed by atoms with Crippen LogP contribution in [0, 0.1) is 0 Å². The standard InChI is InChI=1S/C7H14O4/c1-3-11-5-6(8)4-7(9)10-2/h6,8H,3-5H2,1-2H3/t6-/m0/s1. The number of carbonyl (C=O) groups is 1. The molecular weight excluding hydrogens is 148 g/mol. The molecule has 0 aromatic rings. The van der Waals surface area contributed by atoms with Crippen LogP contribution in [0.15, 0.2) is 0 Å². The number of hydrogen-bond donors (Lipinski definition) is 1. The molecule has 0 spiro atoms. The molecule has 0 amide bonds. The van der Waals surface area contributed by atoms with Crippen LogP contribution in [0.25, 0.3) is 0 Å². The minimum absolute atomic E-state index is 0.00347. The molecule has 0 aliphatic rings. The monoisotopic (exact) mass is 162 g/mol. The van der Waals surface area contributed by atoms with Crippen molar-refractivity contribution in [3.63, 3.8) is 0 Å². The van der Waals surface area contributed by atoms with Crippen molar-refractivity contribution in [1.82, 2.24) is 0 Å². The molecule has 1 atom stereocenters. The lowest BCUT2D eigenvalue weighted by atomic mass is 10.3. The molecule has 0 aromatic carbocycles. The third kappa shape index (κ3) is 5.82. The number of ether oxygens (including phenoxy) is 2. The maximum Gasteiger partial charge on any atom is 0.308 e. The van der Waals surface area contributed by atoms with E-state index >= 15 is 0 Å². The van der Waals surface area contributed by atoms with Gasteiger partial charge in [0.1, 0.15) is 0 Å². The summed E-state index contributed by atoms with van der Waals surface area (Å²) in [5.74, 6) is -0.419. The third-order valence-corrected chi connectivity index (χ3v) is 1.14. The number of aliphatic hydroxyl groups excluding tert-OH is 1. The molecule has 0 aromatic heterocycles.